The molecule has 0 bridgehead atoms. The van der Waals surface area contributed by atoms with E-state index in [2.05, 4.69) is 224 Å². The van der Waals surface area contributed by atoms with Crippen LogP contribution >= 0.6 is 0 Å². The van der Waals surface area contributed by atoms with Crippen molar-refractivity contribution in [2.75, 3.05) is 31.1 Å². The smallest absolute Gasteiger partial charge is 0.319 e. The number of carbonyl (C=O) groups excluding carboxylic acids is 1. The summed E-state index contributed by atoms with van der Waals surface area (Å²) in [6, 6.07) is 66.1. The summed E-state index contributed by atoms with van der Waals surface area (Å²) in [5, 5.41) is 4.37. The number of aromatic nitrogens is 2. The summed E-state index contributed by atoms with van der Waals surface area (Å²) in [7, 11) is -2.85. The second-order valence-corrected chi connectivity index (χ2v) is 21.3. The molecule has 9 rings (SSSR count). The van der Waals surface area contributed by atoms with Crippen LogP contribution in [0.4, 0.5) is 5.69 Å². The van der Waals surface area contributed by atoms with E-state index in [-0.39, 0.29) is 10.9 Å². The molecule has 1 amide bonds. The van der Waals surface area contributed by atoms with Crippen molar-refractivity contribution < 1.29 is 9.22 Å². The van der Waals surface area contributed by atoms with E-state index in [0.29, 0.717) is 13.1 Å². The van der Waals surface area contributed by atoms with Gasteiger partial charge in [0.05, 0.1) is 24.3 Å². The second-order valence-electron chi connectivity index (χ2n) is 17.1. The largest absolute Gasteiger partial charge is 0.534 e. The normalized spacial score (nSPS) is 14.0. The molecule has 61 heavy (non-hydrogen) atoms. The second kappa shape index (κ2) is 16.8. The lowest BCUT2D eigenvalue weighted by atomic mass is 9.77. The molecule has 0 saturated carbocycles. The number of hydrogen-bond acceptors (Lipinski definition) is 4. The molecule has 2 heterocycles. The molecular formula is C54H52N4O2Si. The van der Waals surface area contributed by atoms with Crippen LogP contribution in [0.15, 0.2) is 201 Å². The molecule has 0 radical (unpaired) electrons. The van der Waals surface area contributed by atoms with Gasteiger partial charge < -0.3 is 13.9 Å². The fourth-order valence-corrected chi connectivity index (χ4v) is 13.9. The number of fused-ring (bicyclic) bond motifs is 1. The molecule has 0 aliphatic carbocycles. The van der Waals surface area contributed by atoms with Gasteiger partial charge in [-0.2, -0.15) is 0 Å². The summed E-state index contributed by atoms with van der Waals surface area (Å²) in [4.78, 5) is 23.3. The van der Waals surface area contributed by atoms with Crippen LogP contribution in [0.5, 0.6) is 5.75 Å². The van der Waals surface area contributed by atoms with Crippen LogP contribution in [0.25, 0.3) is 10.8 Å². The lowest BCUT2D eigenvalue weighted by Crippen LogP contribution is -2.68. The molecule has 0 unspecified atom stereocenters. The molecule has 1 aliphatic rings. The molecule has 7 heteroatoms. The van der Waals surface area contributed by atoms with Crippen molar-refractivity contribution in [1.82, 2.24) is 14.5 Å². The van der Waals surface area contributed by atoms with Gasteiger partial charge in [0.15, 0.2) is 0 Å². The van der Waals surface area contributed by atoms with Crippen molar-refractivity contribution in [3.63, 3.8) is 0 Å². The van der Waals surface area contributed by atoms with Crippen LogP contribution in [0.3, 0.4) is 0 Å². The first-order valence-corrected chi connectivity index (χ1v) is 23.2. The third kappa shape index (κ3) is 7.49. The monoisotopic (exact) mass is 816 g/mol. The summed E-state index contributed by atoms with van der Waals surface area (Å²) in [6.07, 6.45) is 4.89. The molecule has 0 atom stereocenters. The van der Waals surface area contributed by atoms with Crippen molar-refractivity contribution in [2.45, 2.75) is 37.8 Å². The van der Waals surface area contributed by atoms with Crippen LogP contribution < -0.4 is 19.7 Å². The van der Waals surface area contributed by atoms with E-state index in [4.69, 9.17) is 9.41 Å². The van der Waals surface area contributed by atoms with Gasteiger partial charge in [-0.1, -0.05) is 191 Å². The van der Waals surface area contributed by atoms with E-state index in [9.17, 15) is 4.79 Å². The number of nitrogens with zero attached hydrogens (tertiary/aromatic N) is 4. The molecule has 1 fully saturated rings. The summed E-state index contributed by atoms with van der Waals surface area (Å²) >= 11 is 0. The molecule has 304 valence electrons. The van der Waals surface area contributed by atoms with Gasteiger partial charge in [0.1, 0.15) is 11.3 Å². The quantitative estimate of drug-likeness (QED) is 0.0911. The number of rotatable bonds is 12. The Kier molecular flexibility index (Phi) is 11.0. The van der Waals surface area contributed by atoms with Gasteiger partial charge in [0, 0.05) is 37.6 Å². The Balaban J connectivity index is 0.960. The number of carbonyl (C=O) groups is 1. The van der Waals surface area contributed by atoms with Crippen LogP contribution in [-0.4, -0.2) is 54.9 Å². The van der Waals surface area contributed by atoms with Gasteiger partial charge >= 0.3 is 8.32 Å². The number of piperazine rings is 1. The van der Waals surface area contributed by atoms with Gasteiger partial charge in [-0.3, -0.25) is 9.69 Å². The van der Waals surface area contributed by atoms with Crippen LogP contribution in [0.1, 0.15) is 43.2 Å². The third-order valence-electron chi connectivity index (χ3n) is 12.4. The molecule has 1 aliphatic heterocycles. The number of amides is 1. The van der Waals surface area contributed by atoms with Gasteiger partial charge in [-0.15, -0.1) is 0 Å². The van der Waals surface area contributed by atoms with Gasteiger partial charge in [-0.05, 0) is 55.7 Å². The maximum atomic E-state index is 14.1. The van der Waals surface area contributed by atoms with Crippen molar-refractivity contribution in [2.24, 2.45) is 0 Å². The zero-order valence-corrected chi connectivity index (χ0v) is 36.2. The van der Waals surface area contributed by atoms with Crippen LogP contribution in [0.2, 0.25) is 5.04 Å². The maximum absolute atomic E-state index is 14.1. The predicted octanol–water partition coefficient (Wildman–Crippen LogP) is 9.71. The van der Waals surface area contributed by atoms with Crippen molar-refractivity contribution in [3.8, 4) is 5.75 Å². The number of benzene rings is 7. The Bertz CT molecular complexity index is 2580. The van der Waals surface area contributed by atoms with Crippen molar-refractivity contribution in [3.05, 3.63) is 223 Å². The highest BCUT2D eigenvalue weighted by atomic mass is 28.4. The molecule has 0 spiro atoms. The Labute approximate surface area is 360 Å². The highest BCUT2D eigenvalue weighted by molar-refractivity contribution is 7.00. The fourth-order valence-electron chi connectivity index (χ4n) is 9.46. The minimum absolute atomic E-state index is 0.0961. The molecule has 1 aromatic heterocycles. The van der Waals surface area contributed by atoms with Gasteiger partial charge in [0.2, 0.25) is 5.91 Å². The zero-order chi connectivity index (χ0) is 41.9. The van der Waals surface area contributed by atoms with E-state index >= 15 is 0 Å². The molecular weight excluding hydrogens is 765 g/mol. The lowest BCUT2D eigenvalue weighted by Gasteiger charge is -2.43. The maximum Gasteiger partial charge on any atom is 0.319 e. The zero-order valence-electron chi connectivity index (χ0n) is 35.2. The minimum atomic E-state index is -2.85. The van der Waals surface area contributed by atoms with Crippen LogP contribution in [-0.2, 0) is 16.8 Å². The summed E-state index contributed by atoms with van der Waals surface area (Å²) in [5.74, 6) is 0.911. The first kappa shape index (κ1) is 39.9. The van der Waals surface area contributed by atoms with Crippen molar-refractivity contribution in [1.29, 1.82) is 0 Å². The molecule has 0 N–H and O–H groups in total. The first-order chi connectivity index (χ1) is 29.8. The first-order valence-electron chi connectivity index (χ1n) is 21.3. The van der Waals surface area contributed by atoms with Gasteiger partial charge in [0.25, 0.3) is 0 Å². The standard InChI is InChI=1S/C54H52N4O2Si/c1-53(2,3)61(48-27-15-7-16-28-48,49-29-17-8-18-30-49)60-47-33-32-42-20-19-31-51(50(42)38-47)58-37-36-56(40-52(58)59)35-34-46-39-57(41-55-46)54(43-21-9-4-10-22-43,44-23-11-5-12-24-44)45-25-13-6-14-26-45/h4-33,38-39,41H,34-37,40H2,1-3H3. The SMILES string of the molecule is CC(C)(C)[Si](Oc1ccc2cccc(N3CCN(CCc4cn(C(c5ccccc5)(c5ccccc5)c5ccccc5)cn4)CC3=O)c2c1)(c1ccccc1)c1ccccc1. The van der Waals surface area contributed by atoms with Gasteiger partial charge in [-0.25, -0.2) is 4.98 Å². The number of imidazole rings is 1. The highest BCUT2D eigenvalue weighted by Crippen LogP contribution is 2.42. The average Bonchev–Trinajstić information content (AvgIpc) is 3.78. The van der Waals surface area contributed by atoms with E-state index in [1.165, 1.54) is 10.4 Å². The summed E-state index contributed by atoms with van der Waals surface area (Å²) in [5.41, 5.74) is 4.78. The average molecular weight is 817 g/mol. The molecule has 1 saturated heterocycles. The van der Waals surface area contributed by atoms with Crippen molar-refractivity contribution >= 4 is 41.1 Å². The Morgan fingerprint density at radius 3 is 1.69 bits per heavy atom. The topological polar surface area (TPSA) is 50.6 Å². The highest BCUT2D eigenvalue weighted by Gasteiger charge is 2.52. The molecule has 7 aromatic carbocycles. The van der Waals surface area contributed by atoms with E-state index in [0.717, 1.165) is 64.1 Å². The Morgan fingerprint density at radius 1 is 0.623 bits per heavy atom. The lowest BCUT2D eigenvalue weighted by molar-refractivity contribution is -0.121. The van der Waals surface area contributed by atoms with E-state index in [1.54, 1.807) is 0 Å². The molecule has 8 aromatic rings. The summed E-state index contributed by atoms with van der Waals surface area (Å²) < 4.78 is 9.69. The van der Waals surface area contributed by atoms with Crippen LogP contribution in [0, 0.1) is 0 Å². The fraction of sp³-hybridized carbons (Fsp3) is 0.185. The number of anilines is 1. The number of hydrogen-bond donors (Lipinski definition) is 0. The third-order valence-corrected chi connectivity index (χ3v) is 17.3. The predicted molar refractivity (Wildman–Crippen MR) is 252 cm³/mol. The Morgan fingerprint density at radius 2 is 1.16 bits per heavy atom. The molecule has 6 nitrogen and oxygen atoms in total. The summed E-state index contributed by atoms with van der Waals surface area (Å²) in [6.45, 7) is 9.33. The van der Waals surface area contributed by atoms with E-state index < -0.39 is 13.9 Å². The van der Waals surface area contributed by atoms with E-state index in [1.807, 2.05) is 11.2 Å². The Hall–Kier alpha value is -6.54. The minimum Gasteiger partial charge on any atom is -0.534 e.